The maximum absolute atomic E-state index is 12.6. The molecule has 2 N–H and O–H groups in total. The Hall–Kier alpha value is -2.07. The Labute approximate surface area is 146 Å². The average Bonchev–Trinajstić information content (AvgIpc) is 3.12. The highest BCUT2D eigenvalue weighted by molar-refractivity contribution is 7.10. The van der Waals surface area contributed by atoms with Gasteiger partial charge in [0.2, 0.25) is 0 Å². The SMILES string of the molecule is O=C(NCCc1c[nH]c2ccccc12)c1csc2c1CCCCC2. The number of hydrogen-bond acceptors (Lipinski definition) is 2. The number of carbonyl (C=O) groups is 1. The second kappa shape index (κ2) is 6.81. The van der Waals surface area contributed by atoms with Crippen LogP contribution in [0.4, 0.5) is 0 Å². The molecule has 0 spiro atoms. The summed E-state index contributed by atoms with van der Waals surface area (Å²) >= 11 is 1.76. The summed E-state index contributed by atoms with van der Waals surface area (Å²) in [6.45, 7) is 0.672. The molecule has 3 nitrogen and oxygen atoms in total. The Bertz CT molecular complexity index is 862. The molecule has 1 amide bonds. The van der Waals surface area contributed by atoms with Gasteiger partial charge in [0, 0.05) is 33.9 Å². The first-order valence-electron chi connectivity index (χ1n) is 8.75. The summed E-state index contributed by atoms with van der Waals surface area (Å²) in [6, 6.07) is 8.30. The predicted octanol–water partition coefficient (Wildman–Crippen LogP) is 4.47. The van der Waals surface area contributed by atoms with Gasteiger partial charge in [0.15, 0.2) is 0 Å². The van der Waals surface area contributed by atoms with E-state index in [1.165, 1.54) is 40.7 Å². The third-order valence-corrected chi connectivity index (χ3v) is 6.00. The first kappa shape index (κ1) is 15.5. The summed E-state index contributed by atoms with van der Waals surface area (Å²) in [7, 11) is 0. The lowest BCUT2D eigenvalue weighted by Gasteiger charge is -2.06. The number of fused-ring (bicyclic) bond motifs is 2. The second-order valence-corrected chi connectivity index (χ2v) is 7.44. The van der Waals surface area contributed by atoms with Crippen LogP contribution >= 0.6 is 11.3 Å². The largest absolute Gasteiger partial charge is 0.361 e. The molecule has 0 aliphatic heterocycles. The Balaban J connectivity index is 1.41. The van der Waals surface area contributed by atoms with Crippen LogP contribution in [-0.2, 0) is 19.3 Å². The highest BCUT2D eigenvalue weighted by atomic mass is 32.1. The van der Waals surface area contributed by atoms with Gasteiger partial charge in [-0.3, -0.25) is 4.79 Å². The fourth-order valence-electron chi connectivity index (χ4n) is 3.61. The van der Waals surface area contributed by atoms with Gasteiger partial charge in [0.1, 0.15) is 0 Å². The lowest BCUT2D eigenvalue weighted by molar-refractivity contribution is 0.0953. The Morgan fingerprint density at radius 1 is 1.17 bits per heavy atom. The van der Waals surface area contributed by atoms with Gasteiger partial charge in [0.05, 0.1) is 5.56 Å². The van der Waals surface area contributed by atoms with E-state index in [1.807, 2.05) is 12.3 Å². The molecule has 0 saturated carbocycles. The van der Waals surface area contributed by atoms with Crippen LogP contribution in [0.5, 0.6) is 0 Å². The molecule has 0 bridgehead atoms. The fraction of sp³-hybridized carbons (Fsp3) is 0.350. The van der Waals surface area contributed by atoms with Crippen molar-refractivity contribution in [3.8, 4) is 0 Å². The van der Waals surface area contributed by atoms with Crippen molar-refractivity contribution in [1.82, 2.24) is 10.3 Å². The number of nitrogens with one attached hydrogen (secondary N) is 2. The van der Waals surface area contributed by atoms with Gasteiger partial charge in [-0.05, 0) is 49.3 Å². The van der Waals surface area contributed by atoms with Crippen LogP contribution in [0, 0.1) is 0 Å². The number of aryl methyl sites for hydroxylation is 1. The zero-order chi connectivity index (χ0) is 16.4. The van der Waals surface area contributed by atoms with Gasteiger partial charge in [-0.2, -0.15) is 0 Å². The van der Waals surface area contributed by atoms with E-state index in [0.29, 0.717) is 6.54 Å². The molecule has 1 aliphatic carbocycles. The number of hydrogen-bond donors (Lipinski definition) is 2. The molecule has 2 heterocycles. The van der Waals surface area contributed by atoms with Gasteiger partial charge in [-0.25, -0.2) is 0 Å². The van der Waals surface area contributed by atoms with E-state index in [2.05, 4.69) is 33.9 Å². The maximum Gasteiger partial charge on any atom is 0.252 e. The van der Waals surface area contributed by atoms with Gasteiger partial charge in [-0.1, -0.05) is 24.6 Å². The number of aromatic amines is 1. The highest BCUT2D eigenvalue weighted by Crippen LogP contribution is 2.29. The Morgan fingerprint density at radius 3 is 3.00 bits per heavy atom. The van der Waals surface area contributed by atoms with Crippen LogP contribution in [0.15, 0.2) is 35.8 Å². The zero-order valence-electron chi connectivity index (χ0n) is 13.7. The molecule has 4 heteroatoms. The third-order valence-electron chi connectivity index (χ3n) is 4.91. The summed E-state index contributed by atoms with van der Waals surface area (Å²) < 4.78 is 0. The molecule has 0 radical (unpaired) electrons. The van der Waals surface area contributed by atoms with Crippen molar-refractivity contribution in [2.24, 2.45) is 0 Å². The van der Waals surface area contributed by atoms with Crippen LogP contribution in [0.3, 0.4) is 0 Å². The average molecular weight is 338 g/mol. The van der Waals surface area contributed by atoms with Gasteiger partial charge in [-0.15, -0.1) is 11.3 Å². The number of carbonyl (C=O) groups excluding carboxylic acids is 1. The molecular formula is C20H22N2OS. The summed E-state index contributed by atoms with van der Waals surface area (Å²) in [5, 5.41) is 6.41. The van der Waals surface area contributed by atoms with E-state index in [4.69, 9.17) is 0 Å². The monoisotopic (exact) mass is 338 g/mol. The molecule has 2 aromatic heterocycles. The minimum Gasteiger partial charge on any atom is -0.361 e. The Morgan fingerprint density at radius 2 is 2.04 bits per heavy atom. The molecule has 0 atom stereocenters. The predicted molar refractivity (Wildman–Crippen MR) is 99.9 cm³/mol. The Kier molecular flexibility index (Phi) is 4.39. The van der Waals surface area contributed by atoms with Crippen molar-refractivity contribution < 1.29 is 4.79 Å². The van der Waals surface area contributed by atoms with Crippen LogP contribution in [0.1, 0.15) is 45.6 Å². The standard InChI is InChI=1S/C20H22N2OS/c23-20(17-13-24-19-9-3-1-2-7-16(17)19)21-11-10-14-12-22-18-8-5-4-6-15(14)18/h4-6,8,12-13,22H,1-3,7,9-11H2,(H,21,23). The first-order valence-corrected chi connectivity index (χ1v) is 9.63. The summed E-state index contributed by atoms with van der Waals surface area (Å²) in [5.74, 6) is 0.0919. The molecule has 4 rings (SSSR count). The zero-order valence-corrected chi connectivity index (χ0v) is 14.5. The van der Waals surface area contributed by atoms with Crippen LogP contribution < -0.4 is 5.32 Å². The van der Waals surface area contributed by atoms with E-state index in [9.17, 15) is 4.79 Å². The number of rotatable bonds is 4. The molecule has 1 aromatic carbocycles. The number of thiophene rings is 1. The fourth-order valence-corrected chi connectivity index (χ4v) is 4.73. The minimum atomic E-state index is 0.0919. The molecule has 0 fully saturated rings. The van der Waals surface area contributed by atoms with Crippen molar-refractivity contribution >= 4 is 28.1 Å². The molecule has 0 saturated heterocycles. The van der Waals surface area contributed by atoms with Crippen molar-refractivity contribution in [1.29, 1.82) is 0 Å². The molecule has 24 heavy (non-hydrogen) atoms. The number of benzene rings is 1. The van der Waals surface area contributed by atoms with E-state index in [1.54, 1.807) is 11.3 Å². The van der Waals surface area contributed by atoms with Crippen LogP contribution in [-0.4, -0.2) is 17.4 Å². The molecule has 124 valence electrons. The van der Waals surface area contributed by atoms with E-state index >= 15 is 0 Å². The minimum absolute atomic E-state index is 0.0919. The summed E-state index contributed by atoms with van der Waals surface area (Å²) in [5.41, 5.74) is 4.63. The van der Waals surface area contributed by atoms with E-state index in [0.717, 1.165) is 30.3 Å². The van der Waals surface area contributed by atoms with Gasteiger partial charge < -0.3 is 10.3 Å². The highest BCUT2D eigenvalue weighted by Gasteiger charge is 2.18. The summed E-state index contributed by atoms with van der Waals surface area (Å²) in [6.07, 6.45) is 8.85. The number of amides is 1. The summed E-state index contributed by atoms with van der Waals surface area (Å²) in [4.78, 5) is 17.3. The van der Waals surface area contributed by atoms with Crippen molar-refractivity contribution in [2.45, 2.75) is 38.5 Å². The lowest BCUT2D eigenvalue weighted by atomic mass is 10.1. The van der Waals surface area contributed by atoms with Gasteiger partial charge in [0.25, 0.3) is 5.91 Å². The van der Waals surface area contributed by atoms with Crippen LogP contribution in [0.25, 0.3) is 10.9 Å². The van der Waals surface area contributed by atoms with Crippen molar-refractivity contribution in [3.63, 3.8) is 0 Å². The normalized spacial score (nSPS) is 14.3. The molecule has 1 aliphatic rings. The smallest absolute Gasteiger partial charge is 0.252 e. The van der Waals surface area contributed by atoms with Crippen LogP contribution in [0.2, 0.25) is 0 Å². The topological polar surface area (TPSA) is 44.9 Å². The molecular weight excluding hydrogens is 316 g/mol. The van der Waals surface area contributed by atoms with Crippen molar-refractivity contribution in [3.05, 3.63) is 57.4 Å². The second-order valence-electron chi connectivity index (χ2n) is 6.48. The van der Waals surface area contributed by atoms with E-state index < -0.39 is 0 Å². The molecule has 3 aromatic rings. The van der Waals surface area contributed by atoms with Gasteiger partial charge >= 0.3 is 0 Å². The first-order chi connectivity index (χ1) is 11.8. The van der Waals surface area contributed by atoms with E-state index in [-0.39, 0.29) is 5.91 Å². The number of para-hydroxylation sites is 1. The van der Waals surface area contributed by atoms with Crippen molar-refractivity contribution in [2.75, 3.05) is 6.54 Å². The quantitative estimate of drug-likeness (QED) is 0.677. The third kappa shape index (κ3) is 2.98. The maximum atomic E-state index is 12.6. The molecule has 0 unspecified atom stereocenters. The lowest BCUT2D eigenvalue weighted by Crippen LogP contribution is -2.26. The number of aromatic nitrogens is 1. The number of H-pyrrole nitrogens is 1.